The lowest BCUT2D eigenvalue weighted by Crippen LogP contribution is -2.34. The van der Waals surface area contributed by atoms with Gasteiger partial charge in [0.25, 0.3) is 0 Å². The monoisotopic (exact) mass is 259 g/mol. The minimum Gasteiger partial charge on any atom is -0.372 e. The van der Waals surface area contributed by atoms with Gasteiger partial charge in [-0.25, -0.2) is 0 Å². The van der Waals surface area contributed by atoms with Crippen LogP contribution in [0.5, 0.6) is 0 Å². The van der Waals surface area contributed by atoms with E-state index in [0.717, 1.165) is 19.6 Å². The van der Waals surface area contributed by atoms with Gasteiger partial charge in [-0.15, -0.1) is 0 Å². The maximum Gasteiger partial charge on any atom is 0.0952 e. The summed E-state index contributed by atoms with van der Waals surface area (Å²) in [6.07, 6.45) is 5.24. The zero-order chi connectivity index (χ0) is 13.3. The first-order chi connectivity index (χ1) is 9.14. The molecule has 3 rings (SSSR count). The fourth-order valence-electron chi connectivity index (χ4n) is 3.53. The highest BCUT2D eigenvalue weighted by Gasteiger charge is 2.31. The minimum absolute atomic E-state index is 0.244. The summed E-state index contributed by atoms with van der Waals surface area (Å²) in [4.78, 5) is 0. The van der Waals surface area contributed by atoms with Crippen molar-refractivity contribution >= 4 is 0 Å². The highest BCUT2D eigenvalue weighted by molar-refractivity contribution is 5.31. The van der Waals surface area contributed by atoms with Crippen molar-refractivity contribution in [2.75, 3.05) is 13.2 Å². The Hall–Kier alpha value is -0.860. The van der Waals surface area contributed by atoms with E-state index in [4.69, 9.17) is 4.74 Å². The van der Waals surface area contributed by atoms with Crippen LogP contribution >= 0.6 is 0 Å². The third-order valence-corrected chi connectivity index (χ3v) is 4.65. The molecule has 1 aromatic rings. The lowest BCUT2D eigenvalue weighted by atomic mass is 9.92. The van der Waals surface area contributed by atoms with Crippen LogP contribution in [0.25, 0.3) is 0 Å². The Morgan fingerprint density at radius 1 is 1.32 bits per heavy atom. The van der Waals surface area contributed by atoms with Gasteiger partial charge in [0.15, 0.2) is 0 Å². The SMILES string of the molecule is CC1(C)CCC(NCC2OCCc3ccccc32)C1. The van der Waals surface area contributed by atoms with Crippen LogP contribution in [-0.2, 0) is 11.2 Å². The molecule has 0 radical (unpaired) electrons. The van der Waals surface area contributed by atoms with Crippen LogP contribution < -0.4 is 5.32 Å². The molecule has 2 heteroatoms. The molecule has 0 amide bonds. The van der Waals surface area contributed by atoms with Crippen molar-refractivity contribution in [2.45, 2.75) is 51.7 Å². The maximum atomic E-state index is 5.95. The zero-order valence-corrected chi connectivity index (χ0v) is 12.1. The fourth-order valence-corrected chi connectivity index (χ4v) is 3.53. The van der Waals surface area contributed by atoms with Crippen molar-refractivity contribution in [3.8, 4) is 0 Å². The van der Waals surface area contributed by atoms with Gasteiger partial charge in [0.2, 0.25) is 0 Å². The Balaban J connectivity index is 1.60. The van der Waals surface area contributed by atoms with Crippen molar-refractivity contribution in [3.05, 3.63) is 35.4 Å². The average Bonchev–Trinajstić information content (AvgIpc) is 2.76. The molecule has 1 aliphatic heterocycles. The number of hydrogen-bond donors (Lipinski definition) is 1. The number of ether oxygens (including phenoxy) is 1. The molecule has 1 heterocycles. The Morgan fingerprint density at radius 2 is 2.16 bits per heavy atom. The molecule has 1 aromatic carbocycles. The predicted octanol–water partition coefficient (Wildman–Crippen LogP) is 3.47. The fraction of sp³-hybridized carbons (Fsp3) is 0.647. The average molecular weight is 259 g/mol. The molecule has 2 aliphatic rings. The third kappa shape index (κ3) is 3.01. The number of hydrogen-bond acceptors (Lipinski definition) is 2. The number of benzene rings is 1. The van der Waals surface area contributed by atoms with Crippen molar-refractivity contribution in [3.63, 3.8) is 0 Å². The van der Waals surface area contributed by atoms with Crippen LogP contribution in [0.2, 0.25) is 0 Å². The Bertz CT molecular complexity index is 441. The topological polar surface area (TPSA) is 21.3 Å². The van der Waals surface area contributed by atoms with E-state index in [9.17, 15) is 0 Å². The first kappa shape index (κ1) is 13.1. The van der Waals surface area contributed by atoms with Crippen LogP contribution in [0.3, 0.4) is 0 Å². The summed E-state index contributed by atoms with van der Waals surface area (Å²) in [6, 6.07) is 9.39. The highest BCUT2D eigenvalue weighted by Crippen LogP contribution is 2.37. The third-order valence-electron chi connectivity index (χ3n) is 4.65. The molecule has 104 valence electrons. The summed E-state index contributed by atoms with van der Waals surface area (Å²) in [5, 5.41) is 3.72. The Morgan fingerprint density at radius 3 is 2.95 bits per heavy atom. The summed E-state index contributed by atoms with van der Waals surface area (Å²) >= 11 is 0. The summed E-state index contributed by atoms with van der Waals surface area (Å²) in [5.41, 5.74) is 3.37. The van der Waals surface area contributed by atoms with Crippen LogP contribution in [0, 0.1) is 5.41 Å². The van der Waals surface area contributed by atoms with Crippen molar-refractivity contribution in [1.29, 1.82) is 0 Å². The first-order valence-electron chi connectivity index (χ1n) is 7.57. The summed E-state index contributed by atoms with van der Waals surface area (Å²) in [5.74, 6) is 0. The van der Waals surface area contributed by atoms with Crippen LogP contribution in [0.4, 0.5) is 0 Å². The smallest absolute Gasteiger partial charge is 0.0952 e. The molecule has 1 aliphatic carbocycles. The normalized spacial score (nSPS) is 29.2. The number of fused-ring (bicyclic) bond motifs is 1. The Kier molecular flexibility index (Phi) is 3.64. The molecule has 1 saturated carbocycles. The molecule has 0 aromatic heterocycles. The van der Waals surface area contributed by atoms with E-state index in [1.807, 2.05) is 0 Å². The molecule has 2 nitrogen and oxygen atoms in total. The summed E-state index contributed by atoms with van der Waals surface area (Å²) in [6.45, 7) is 6.57. The number of rotatable bonds is 3. The van der Waals surface area contributed by atoms with E-state index in [0.29, 0.717) is 11.5 Å². The van der Waals surface area contributed by atoms with Gasteiger partial charge in [-0.3, -0.25) is 0 Å². The molecular formula is C17H25NO. The maximum absolute atomic E-state index is 5.95. The van der Waals surface area contributed by atoms with Gasteiger partial charge in [0.1, 0.15) is 0 Å². The van der Waals surface area contributed by atoms with Crippen LogP contribution in [0.1, 0.15) is 50.3 Å². The summed E-state index contributed by atoms with van der Waals surface area (Å²) < 4.78 is 5.95. The van der Waals surface area contributed by atoms with E-state index in [1.54, 1.807) is 0 Å². The molecule has 1 fully saturated rings. The van der Waals surface area contributed by atoms with Gasteiger partial charge in [-0.2, -0.15) is 0 Å². The van der Waals surface area contributed by atoms with Crippen molar-refractivity contribution in [2.24, 2.45) is 5.41 Å². The molecule has 2 atom stereocenters. The second-order valence-electron chi connectivity index (χ2n) is 6.82. The second-order valence-corrected chi connectivity index (χ2v) is 6.82. The largest absolute Gasteiger partial charge is 0.372 e. The Labute approximate surface area is 116 Å². The molecule has 0 spiro atoms. The van der Waals surface area contributed by atoms with E-state index in [2.05, 4.69) is 43.4 Å². The number of nitrogens with one attached hydrogen (secondary N) is 1. The van der Waals surface area contributed by atoms with Gasteiger partial charge >= 0.3 is 0 Å². The van der Waals surface area contributed by atoms with E-state index in [1.165, 1.54) is 30.4 Å². The molecule has 0 saturated heterocycles. The first-order valence-corrected chi connectivity index (χ1v) is 7.57. The van der Waals surface area contributed by atoms with Gasteiger partial charge in [-0.1, -0.05) is 38.1 Å². The highest BCUT2D eigenvalue weighted by atomic mass is 16.5. The van der Waals surface area contributed by atoms with E-state index in [-0.39, 0.29) is 6.10 Å². The molecule has 2 unspecified atom stereocenters. The van der Waals surface area contributed by atoms with E-state index < -0.39 is 0 Å². The minimum atomic E-state index is 0.244. The molecule has 19 heavy (non-hydrogen) atoms. The van der Waals surface area contributed by atoms with Crippen LogP contribution in [0.15, 0.2) is 24.3 Å². The second kappa shape index (κ2) is 5.26. The van der Waals surface area contributed by atoms with E-state index >= 15 is 0 Å². The molecular weight excluding hydrogens is 234 g/mol. The quantitative estimate of drug-likeness (QED) is 0.897. The van der Waals surface area contributed by atoms with Crippen LogP contribution in [-0.4, -0.2) is 19.2 Å². The van der Waals surface area contributed by atoms with Crippen molar-refractivity contribution < 1.29 is 4.74 Å². The lowest BCUT2D eigenvalue weighted by molar-refractivity contribution is 0.0405. The van der Waals surface area contributed by atoms with Gasteiger partial charge in [-0.05, 0) is 42.2 Å². The van der Waals surface area contributed by atoms with Gasteiger partial charge in [0, 0.05) is 12.6 Å². The zero-order valence-electron chi connectivity index (χ0n) is 12.1. The predicted molar refractivity (Wildman–Crippen MR) is 78.3 cm³/mol. The van der Waals surface area contributed by atoms with Crippen molar-refractivity contribution in [1.82, 2.24) is 5.32 Å². The molecule has 0 bridgehead atoms. The standard InChI is InChI=1S/C17H25NO/c1-17(2)9-7-14(11-17)18-12-16-15-6-4-3-5-13(15)8-10-19-16/h3-6,14,16,18H,7-12H2,1-2H3. The lowest BCUT2D eigenvalue weighted by Gasteiger charge is -2.28. The van der Waals surface area contributed by atoms with Gasteiger partial charge in [0.05, 0.1) is 12.7 Å². The molecule has 1 N–H and O–H groups in total. The van der Waals surface area contributed by atoms with Gasteiger partial charge < -0.3 is 10.1 Å². The summed E-state index contributed by atoms with van der Waals surface area (Å²) in [7, 11) is 0.